The zero-order chi connectivity index (χ0) is 15.3. The number of hydrogen-bond donors (Lipinski definition) is 1. The number of rotatable bonds is 2. The van der Waals surface area contributed by atoms with Gasteiger partial charge in [0.15, 0.2) is 5.41 Å². The molecule has 0 radical (unpaired) electrons. The molecule has 8 heteroatoms. The first-order valence-electron chi connectivity index (χ1n) is 5.89. The number of imidazole rings is 1. The quantitative estimate of drug-likeness (QED) is 0.900. The summed E-state index contributed by atoms with van der Waals surface area (Å²) in [6.45, 7) is 4.95. The Balaban J connectivity index is 2.26. The number of carbonyl (C=O) groups is 2. The van der Waals surface area contributed by atoms with Gasteiger partial charge in [0.1, 0.15) is 11.9 Å². The van der Waals surface area contributed by atoms with Crippen LogP contribution in [0, 0.1) is 0 Å². The van der Waals surface area contributed by atoms with Crippen LogP contribution in [0.25, 0.3) is 0 Å². The Labute approximate surface area is 113 Å². The fourth-order valence-corrected chi connectivity index (χ4v) is 1.87. The van der Waals surface area contributed by atoms with Gasteiger partial charge in [-0.15, -0.1) is 0 Å². The van der Waals surface area contributed by atoms with Crippen LogP contribution in [0.1, 0.15) is 32.9 Å². The molecular weight excluding hydrogens is 274 g/mol. The van der Waals surface area contributed by atoms with E-state index in [1.165, 1.54) is 0 Å². The minimum absolute atomic E-state index is 0.346. The Morgan fingerprint density at radius 2 is 2.00 bits per heavy atom. The predicted octanol–water partition coefficient (Wildman–Crippen LogP) is 2.03. The van der Waals surface area contributed by atoms with Crippen LogP contribution in [0.15, 0.2) is 12.5 Å². The van der Waals surface area contributed by atoms with E-state index in [9.17, 15) is 18.4 Å². The predicted molar refractivity (Wildman–Crippen MR) is 62.7 cm³/mol. The van der Waals surface area contributed by atoms with E-state index < -0.39 is 35.4 Å². The molecule has 1 aliphatic carbocycles. The Kier molecular flexibility index (Phi) is 2.88. The lowest BCUT2D eigenvalue weighted by Crippen LogP contribution is -2.28. The number of aromatic nitrogens is 2. The Morgan fingerprint density at radius 3 is 2.40 bits per heavy atom. The third-order valence-electron chi connectivity index (χ3n) is 2.98. The molecule has 0 spiro atoms. The second-order valence-corrected chi connectivity index (χ2v) is 5.74. The van der Waals surface area contributed by atoms with Crippen LogP contribution in [-0.4, -0.2) is 38.2 Å². The Morgan fingerprint density at radius 1 is 1.45 bits per heavy atom. The highest BCUT2D eigenvalue weighted by Gasteiger charge is 2.78. The molecule has 1 saturated carbocycles. The number of nitrogens with zero attached hydrogens (tertiary/aromatic N) is 2. The van der Waals surface area contributed by atoms with E-state index in [2.05, 4.69) is 4.98 Å². The highest BCUT2D eigenvalue weighted by Crippen LogP contribution is 2.61. The Bertz CT molecular complexity index is 576. The van der Waals surface area contributed by atoms with Gasteiger partial charge in [-0.3, -0.25) is 4.79 Å². The van der Waals surface area contributed by atoms with Gasteiger partial charge >= 0.3 is 12.1 Å². The van der Waals surface area contributed by atoms with Gasteiger partial charge in [-0.25, -0.2) is 23.1 Å². The molecule has 6 nitrogen and oxygen atoms in total. The smallest absolute Gasteiger partial charge is 0.419 e. The highest BCUT2D eigenvalue weighted by atomic mass is 19.3. The van der Waals surface area contributed by atoms with E-state index in [0.717, 1.165) is 17.1 Å². The van der Waals surface area contributed by atoms with Crippen molar-refractivity contribution in [3.05, 3.63) is 18.2 Å². The minimum atomic E-state index is -3.36. The van der Waals surface area contributed by atoms with Gasteiger partial charge in [0.25, 0.3) is 5.92 Å². The van der Waals surface area contributed by atoms with E-state index in [1.54, 1.807) is 20.8 Å². The van der Waals surface area contributed by atoms with Crippen molar-refractivity contribution in [3.63, 3.8) is 0 Å². The lowest BCUT2D eigenvalue weighted by Gasteiger charge is -2.19. The molecule has 1 atom stereocenters. The molecule has 2 rings (SSSR count). The number of aliphatic carboxylic acids is 1. The van der Waals surface area contributed by atoms with Crippen molar-refractivity contribution in [2.75, 3.05) is 0 Å². The van der Waals surface area contributed by atoms with E-state index in [4.69, 9.17) is 9.84 Å². The van der Waals surface area contributed by atoms with Crippen molar-refractivity contribution in [2.24, 2.45) is 0 Å². The third kappa shape index (κ3) is 2.14. The maximum absolute atomic E-state index is 13.3. The number of hydrogen-bond acceptors (Lipinski definition) is 4. The second-order valence-electron chi connectivity index (χ2n) is 5.74. The highest BCUT2D eigenvalue weighted by molar-refractivity contribution is 5.87. The molecule has 1 aliphatic rings. The molecule has 1 heterocycles. The summed E-state index contributed by atoms with van der Waals surface area (Å²) in [5, 5.41) is 8.98. The number of halogens is 2. The van der Waals surface area contributed by atoms with Gasteiger partial charge in [0.2, 0.25) is 0 Å². The molecular formula is C12H14F2N2O4. The van der Waals surface area contributed by atoms with Gasteiger partial charge in [-0.05, 0) is 20.8 Å². The van der Waals surface area contributed by atoms with E-state index in [1.807, 2.05) is 0 Å². The maximum atomic E-state index is 13.3. The van der Waals surface area contributed by atoms with Gasteiger partial charge in [0, 0.05) is 12.6 Å². The van der Waals surface area contributed by atoms with Crippen LogP contribution in [0.4, 0.5) is 13.6 Å². The number of carboxylic acids is 1. The molecule has 20 heavy (non-hydrogen) atoms. The summed E-state index contributed by atoms with van der Waals surface area (Å²) < 4.78 is 32.5. The average molecular weight is 288 g/mol. The molecule has 0 saturated heterocycles. The van der Waals surface area contributed by atoms with Crippen molar-refractivity contribution >= 4 is 12.1 Å². The lowest BCUT2D eigenvalue weighted by atomic mass is 10.0. The SMILES string of the molecule is CC(C)(C)OC(=O)n1cnc(C2(C(=O)O)CC2(F)F)c1. The van der Waals surface area contributed by atoms with E-state index in [-0.39, 0.29) is 5.69 Å². The number of ether oxygens (including phenoxy) is 1. The molecule has 0 bridgehead atoms. The zero-order valence-electron chi connectivity index (χ0n) is 11.2. The third-order valence-corrected chi connectivity index (χ3v) is 2.98. The summed E-state index contributed by atoms with van der Waals surface area (Å²) >= 11 is 0. The second kappa shape index (κ2) is 4.00. The molecule has 1 unspecified atom stereocenters. The lowest BCUT2D eigenvalue weighted by molar-refractivity contribution is -0.143. The number of alkyl halides is 2. The van der Waals surface area contributed by atoms with Crippen molar-refractivity contribution in [3.8, 4) is 0 Å². The summed E-state index contributed by atoms with van der Waals surface area (Å²) in [7, 11) is 0. The average Bonchev–Trinajstić information content (AvgIpc) is 2.68. The summed E-state index contributed by atoms with van der Waals surface area (Å²) in [6, 6.07) is 0. The first-order chi connectivity index (χ1) is 8.99. The van der Waals surface area contributed by atoms with Gasteiger partial charge < -0.3 is 9.84 Å². The van der Waals surface area contributed by atoms with E-state index >= 15 is 0 Å². The van der Waals surface area contributed by atoms with Crippen LogP contribution < -0.4 is 0 Å². The van der Waals surface area contributed by atoms with Crippen LogP contribution in [-0.2, 0) is 14.9 Å². The molecule has 110 valence electrons. The van der Waals surface area contributed by atoms with Crippen molar-refractivity contribution in [2.45, 2.75) is 44.1 Å². The van der Waals surface area contributed by atoms with Crippen LogP contribution in [0.5, 0.6) is 0 Å². The van der Waals surface area contributed by atoms with Crippen LogP contribution in [0.3, 0.4) is 0 Å². The Hall–Kier alpha value is -1.99. The summed E-state index contributed by atoms with van der Waals surface area (Å²) in [5.41, 5.74) is -3.43. The van der Waals surface area contributed by atoms with Gasteiger partial charge in [-0.1, -0.05) is 0 Å². The number of carboxylic acid groups (broad SMARTS) is 1. The zero-order valence-corrected chi connectivity index (χ0v) is 11.2. The topological polar surface area (TPSA) is 81.4 Å². The monoisotopic (exact) mass is 288 g/mol. The van der Waals surface area contributed by atoms with Crippen molar-refractivity contribution < 1.29 is 28.2 Å². The molecule has 1 aromatic heterocycles. The molecule has 1 fully saturated rings. The van der Waals surface area contributed by atoms with Crippen LogP contribution in [0.2, 0.25) is 0 Å². The summed E-state index contributed by atoms with van der Waals surface area (Å²) in [4.78, 5) is 26.4. The normalized spacial score (nSPS) is 24.2. The van der Waals surface area contributed by atoms with E-state index in [0.29, 0.717) is 0 Å². The first-order valence-corrected chi connectivity index (χ1v) is 5.89. The minimum Gasteiger partial charge on any atom is -0.480 e. The summed E-state index contributed by atoms with van der Waals surface area (Å²) in [5.74, 6) is -5.01. The molecule has 1 N–H and O–H groups in total. The van der Waals surface area contributed by atoms with Crippen LogP contribution >= 0.6 is 0 Å². The first kappa shape index (κ1) is 14.4. The van der Waals surface area contributed by atoms with Crippen molar-refractivity contribution in [1.82, 2.24) is 9.55 Å². The largest absolute Gasteiger partial charge is 0.480 e. The maximum Gasteiger partial charge on any atom is 0.419 e. The summed E-state index contributed by atoms with van der Waals surface area (Å²) in [6.07, 6.45) is 0.326. The number of carbonyl (C=O) groups excluding carboxylic acids is 1. The molecule has 0 aliphatic heterocycles. The fourth-order valence-electron chi connectivity index (χ4n) is 1.87. The molecule has 0 aromatic carbocycles. The van der Waals surface area contributed by atoms with Gasteiger partial charge in [-0.2, -0.15) is 0 Å². The molecule has 0 amide bonds. The fraction of sp³-hybridized carbons (Fsp3) is 0.583. The molecule has 1 aromatic rings. The standard InChI is InChI=1S/C12H14F2N2O4/c1-10(2,3)20-9(19)16-4-7(15-6-16)11(8(17)18)5-12(11,13)14/h4,6H,5H2,1-3H3,(H,17,18). The van der Waals surface area contributed by atoms with Gasteiger partial charge in [0.05, 0.1) is 5.69 Å². The van der Waals surface area contributed by atoms with Crippen molar-refractivity contribution in [1.29, 1.82) is 0 Å².